The summed E-state index contributed by atoms with van der Waals surface area (Å²) in [5.41, 5.74) is 0.0662. The van der Waals surface area contributed by atoms with Crippen LogP contribution in [0.4, 0.5) is 14.5 Å². The first-order chi connectivity index (χ1) is 9.65. The number of nitrogens with one attached hydrogen (secondary N) is 1. The van der Waals surface area contributed by atoms with Gasteiger partial charge in [-0.25, -0.2) is 17.2 Å². The van der Waals surface area contributed by atoms with Crippen LogP contribution in [0.1, 0.15) is 20.3 Å². The van der Waals surface area contributed by atoms with Crippen LogP contribution in [-0.2, 0) is 14.8 Å². The lowest BCUT2D eigenvalue weighted by molar-refractivity contribution is -0.116. The van der Waals surface area contributed by atoms with Crippen molar-refractivity contribution in [1.29, 1.82) is 0 Å². The molecule has 0 saturated carbocycles. The molecule has 118 valence electrons. The van der Waals surface area contributed by atoms with Gasteiger partial charge in [-0.15, -0.1) is 0 Å². The van der Waals surface area contributed by atoms with Crippen molar-refractivity contribution >= 4 is 21.6 Å². The molecule has 0 heterocycles. The molecule has 8 heteroatoms. The molecule has 5 nitrogen and oxygen atoms in total. The second-order valence-electron chi connectivity index (χ2n) is 4.74. The number of rotatable bonds is 6. The molecule has 1 N–H and O–H groups in total. The zero-order valence-electron chi connectivity index (χ0n) is 12.1. The smallest absolute Gasteiger partial charge is 0.239 e. The third-order valence-corrected chi connectivity index (χ3v) is 4.35. The van der Waals surface area contributed by atoms with Gasteiger partial charge in [-0.05, 0) is 25.5 Å². The van der Waals surface area contributed by atoms with Crippen molar-refractivity contribution in [3.05, 3.63) is 29.8 Å². The maximum absolute atomic E-state index is 13.0. The van der Waals surface area contributed by atoms with Crippen molar-refractivity contribution in [3.8, 4) is 0 Å². The molecule has 1 aromatic rings. The van der Waals surface area contributed by atoms with Crippen LogP contribution < -0.4 is 5.32 Å². The number of sulfonamides is 1. The molecule has 21 heavy (non-hydrogen) atoms. The van der Waals surface area contributed by atoms with E-state index in [0.717, 1.165) is 22.7 Å². The van der Waals surface area contributed by atoms with Crippen LogP contribution in [0.2, 0.25) is 0 Å². The summed E-state index contributed by atoms with van der Waals surface area (Å²) >= 11 is 0. The zero-order chi connectivity index (χ0) is 16.2. The predicted molar refractivity (Wildman–Crippen MR) is 76.3 cm³/mol. The van der Waals surface area contributed by atoms with Gasteiger partial charge >= 0.3 is 0 Å². The van der Waals surface area contributed by atoms with Gasteiger partial charge in [0.05, 0.1) is 12.8 Å². The summed E-state index contributed by atoms with van der Waals surface area (Å²) in [5, 5.41) is 2.34. The Morgan fingerprint density at radius 3 is 2.43 bits per heavy atom. The van der Waals surface area contributed by atoms with E-state index in [2.05, 4.69) is 5.32 Å². The Bertz CT molecular complexity index is 620. The fourth-order valence-electron chi connectivity index (χ4n) is 1.72. The fourth-order valence-corrected chi connectivity index (χ4v) is 2.87. The van der Waals surface area contributed by atoms with Gasteiger partial charge in [0.1, 0.15) is 0 Å². The number of carbonyl (C=O) groups excluding carboxylic acids is 1. The van der Waals surface area contributed by atoms with E-state index in [4.69, 9.17) is 0 Å². The van der Waals surface area contributed by atoms with Crippen LogP contribution in [0, 0.1) is 11.6 Å². The minimum absolute atomic E-state index is 0.0662. The normalized spacial score (nSPS) is 13.2. The third kappa shape index (κ3) is 5.05. The van der Waals surface area contributed by atoms with Gasteiger partial charge in [0, 0.05) is 17.8 Å². The lowest BCUT2D eigenvalue weighted by Crippen LogP contribution is -2.42. The van der Waals surface area contributed by atoms with Crippen molar-refractivity contribution in [2.45, 2.75) is 26.3 Å². The highest BCUT2D eigenvalue weighted by Gasteiger charge is 2.24. The Labute approximate surface area is 123 Å². The van der Waals surface area contributed by atoms with E-state index in [1.165, 1.54) is 6.07 Å². The summed E-state index contributed by atoms with van der Waals surface area (Å²) in [4.78, 5) is 11.9. The van der Waals surface area contributed by atoms with Crippen molar-refractivity contribution < 1.29 is 22.0 Å². The number of hydrogen-bond donors (Lipinski definition) is 1. The fraction of sp³-hybridized carbons (Fsp3) is 0.462. The first kappa shape index (κ1) is 17.5. The Balaban J connectivity index is 2.81. The third-order valence-electron chi connectivity index (χ3n) is 3.01. The van der Waals surface area contributed by atoms with Crippen molar-refractivity contribution in [2.24, 2.45) is 0 Å². The molecule has 0 spiro atoms. The molecule has 1 amide bonds. The van der Waals surface area contributed by atoms with Gasteiger partial charge < -0.3 is 5.32 Å². The minimum Gasteiger partial charge on any atom is -0.325 e. The molecule has 1 rings (SSSR count). The first-order valence-electron chi connectivity index (χ1n) is 6.36. The minimum atomic E-state index is -3.54. The van der Waals surface area contributed by atoms with Gasteiger partial charge in [-0.1, -0.05) is 6.92 Å². The monoisotopic (exact) mass is 320 g/mol. The summed E-state index contributed by atoms with van der Waals surface area (Å²) in [7, 11) is -3.54. The van der Waals surface area contributed by atoms with Crippen molar-refractivity contribution in [2.75, 3.05) is 18.1 Å². The largest absolute Gasteiger partial charge is 0.325 e. The molecule has 0 radical (unpaired) electrons. The number of amides is 1. The van der Waals surface area contributed by atoms with Crippen LogP contribution in [0.25, 0.3) is 0 Å². The number of nitrogens with zero attached hydrogens (tertiary/aromatic N) is 1. The number of benzene rings is 1. The first-order valence-corrected chi connectivity index (χ1v) is 8.21. The van der Waals surface area contributed by atoms with Crippen LogP contribution in [-0.4, -0.2) is 37.5 Å². The van der Waals surface area contributed by atoms with E-state index in [1.807, 2.05) is 0 Å². The second-order valence-corrected chi connectivity index (χ2v) is 6.68. The standard InChI is InChI=1S/C13H18F2N2O3S/c1-4-9(2)17(21(3,19)20)8-13(18)16-10-5-6-11(14)12(15)7-10/h5-7,9H,4,8H2,1-3H3,(H,16,18). The average Bonchev–Trinajstić information content (AvgIpc) is 2.38. The Kier molecular flexibility index (Phi) is 5.79. The summed E-state index contributed by atoms with van der Waals surface area (Å²) in [6.07, 6.45) is 1.57. The highest BCUT2D eigenvalue weighted by Crippen LogP contribution is 2.14. The Morgan fingerprint density at radius 2 is 1.95 bits per heavy atom. The van der Waals surface area contributed by atoms with E-state index >= 15 is 0 Å². The molecular formula is C13H18F2N2O3S. The van der Waals surface area contributed by atoms with E-state index in [9.17, 15) is 22.0 Å². The Morgan fingerprint density at radius 1 is 1.33 bits per heavy atom. The quantitative estimate of drug-likeness (QED) is 0.871. The van der Waals surface area contributed by atoms with Crippen molar-refractivity contribution in [1.82, 2.24) is 4.31 Å². The molecule has 1 unspecified atom stereocenters. The molecule has 0 fully saturated rings. The van der Waals surface area contributed by atoms with Gasteiger partial charge in [-0.3, -0.25) is 4.79 Å². The number of anilines is 1. The molecule has 0 bridgehead atoms. The molecule has 1 atom stereocenters. The molecule has 1 aromatic carbocycles. The zero-order valence-corrected chi connectivity index (χ0v) is 12.9. The topological polar surface area (TPSA) is 66.5 Å². The van der Waals surface area contributed by atoms with Crippen molar-refractivity contribution in [3.63, 3.8) is 0 Å². The predicted octanol–water partition coefficient (Wildman–Crippen LogP) is 1.96. The number of hydrogen-bond acceptors (Lipinski definition) is 3. The SMILES string of the molecule is CCC(C)N(CC(=O)Nc1ccc(F)c(F)c1)S(C)(=O)=O. The molecule has 0 aliphatic carbocycles. The number of halogens is 2. The average molecular weight is 320 g/mol. The van der Waals surface area contributed by atoms with E-state index in [1.54, 1.807) is 13.8 Å². The molecular weight excluding hydrogens is 302 g/mol. The van der Waals surface area contributed by atoms with Gasteiger partial charge in [-0.2, -0.15) is 4.31 Å². The summed E-state index contributed by atoms with van der Waals surface area (Å²) < 4.78 is 50.2. The number of carbonyl (C=O) groups is 1. The lowest BCUT2D eigenvalue weighted by atomic mass is 10.2. The highest BCUT2D eigenvalue weighted by molar-refractivity contribution is 7.88. The van der Waals surface area contributed by atoms with E-state index in [-0.39, 0.29) is 18.3 Å². The van der Waals surface area contributed by atoms with Gasteiger partial charge in [0.25, 0.3) is 0 Å². The van der Waals surface area contributed by atoms with Crippen LogP contribution in [0.3, 0.4) is 0 Å². The molecule has 0 aliphatic heterocycles. The molecule has 0 saturated heterocycles. The highest BCUT2D eigenvalue weighted by atomic mass is 32.2. The Hall–Kier alpha value is -1.54. The lowest BCUT2D eigenvalue weighted by Gasteiger charge is -2.25. The maximum Gasteiger partial charge on any atom is 0.239 e. The molecule has 0 aliphatic rings. The van der Waals surface area contributed by atoms with Crippen LogP contribution in [0.15, 0.2) is 18.2 Å². The second kappa shape index (κ2) is 6.95. The van der Waals surface area contributed by atoms with E-state index in [0.29, 0.717) is 6.42 Å². The maximum atomic E-state index is 13.0. The summed E-state index contributed by atoms with van der Waals surface area (Å²) in [6, 6.07) is 2.58. The van der Waals surface area contributed by atoms with Gasteiger partial charge in [0.15, 0.2) is 11.6 Å². The van der Waals surface area contributed by atoms with Crippen LogP contribution in [0.5, 0.6) is 0 Å². The van der Waals surface area contributed by atoms with Crippen LogP contribution >= 0.6 is 0 Å². The molecule has 0 aromatic heterocycles. The summed E-state index contributed by atoms with van der Waals surface area (Å²) in [6.45, 7) is 3.11. The van der Waals surface area contributed by atoms with E-state index < -0.39 is 27.6 Å². The summed E-state index contributed by atoms with van der Waals surface area (Å²) in [5.74, 6) is -2.73. The van der Waals surface area contributed by atoms with Gasteiger partial charge in [0.2, 0.25) is 15.9 Å².